The minimum Gasteiger partial charge on any atom is -0.416 e. The lowest BCUT2D eigenvalue weighted by molar-refractivity contribution is -0.132. The monoisotopic (exact) mass is 460 g/mol. The van der Waals surface area contributed by atoms with Crippen molar-refractivity contribution in [1.82, 2.24) is 20.1 Å². The molecule has 0 saturated heterocycles. The topological polar surface area (TPSA) is 72.1 Å². The summed E-state index contributed by atoms with van der Waals surface area (Å²) in [5, 5.41) is 11.5. The van der Waals surface area contributed by atoms with Crippen LogP contribution in [0.15, 0.2) is 39.3 Å². The van der Waals surface area contributed by atoms with E-state index in [-0.39, 0.29) is 23.5 Å². The van der Waals surface area contributed by atoms with Crippen LogP contribution in [-0.2, 0) is 17.8 Å². The number of aromatic nitrogens is 3. The SMILES string of the molecule is Cc1nc(Cc2nnc(SCC(=O)N(Cc3ccc(F)cc3)C3CCCCC3)o2)cs1. The summed E-state index contributed by atoms with van der Waals surface area (Å²) in [5.74, 6) is 0.497. The molecule has 4 rings (SSSR count). The van der Waals surface area contributed by atoms with E-state index in [9.17, 15) is 9.18 Å². The van der Waals surface area contributed by atoms with Crippen molar-refractivity contribution in [2.24, 2.45) is 0 Å². The highest BCUT2D eigenvalue weighted by Crippen LogP contribution is 2.26. The summed E-state index contributed by atoms with van der Waals surface area (Å²) in [6, 6.07) is 6.60. The number of carbonyl (C=O) groups excluding carboxylic acids is 1. The lowest BCUT2D eigenvalue weighted by Crippen LogP contribution is -2.41. The fraction of sp³-hybridized carbons (Fsp3) is 0.455. The lowest BCUT2D eigenvalue weighted by atomic mass is 9.94. The molecule has 2 aromatic heterocycles. The second kappa shape index (κ2) is 10.4. The minimum absolute atomic E-state index is 0.0381. The summed E-state index contributed by atoms with van der Waals surface area (Å²) in [7, 11) is 0. The number of rotatable bonds is 8. The van der Waals surface area contributed by atoms with Gasteiger partial charge in [0.1, 0.15) is 5.82 Å². The molecule has 164 valence electrons. The number of carbonyl (C=O) groups is 1. The molecule has 0 unspecified atom stereocenters. The molecule has 1 aliphatic carbocycles. The molecule has 6 nitrogen and oxygen atoms in total. The fourth-order valence-electron chi connectivity index (χ4n) is 3.82. The number of aryl methyl sites for hydroxylation is 1. The Morgan fingerprint density at radius 2 is 2.00 bits per heavy atom. The number of thioether (sulfide) groups is 1. The predicted octanol–water partition coefficient (Wildman–Crippen LogP) is 5.02. The van der Waals surface area contributed by atoms with Crippen LogP contribution < -0.4 is 0 Å². The number of benzene rings is 1. The average Bonchev–Trinajstić information content (AvgIpc) is 3.41. The van der Waals surface area contributed by atoms with Gasteiger partial charge in [-0.05, 0) is 37.5 Å². The number of halogens is 1. The van der Waals surface area contributed by atoms with Crippen LogP contribution in [0.5, 0.6) is 0 Å². The summed E-state index contributed by atoms with van der Waals surface area (Å²) in [6.07, 6.45) is 5.99. The minimum atomic E-state index is -0.269. The molecule has 2 heterocycles. The van der Waals surface area contributed by atoms with Gasteiger partial charge in [0.2, 0.25) is 11.8 Å². The normalized spacial score (nSPS) is 14.6. The molecule has 0 radical (unpaired) electrons. The maximum Gasteiger partial charge on any atom is 0.277 e. The van der Waals surface area contributed by atoms with Gasteiger partial charge in [-0.3, -0.25) is 4.79 Å². The Bertz CT molecular complexity index is 999. The Labute approximate surface area is 189 Å². The summed E-state index contributed by atoms with van der Waals surface area (Å²) in [6.45, 7) is 2.45. The third-order valence-corrected chi connectivity index (χ3v) is 6.99. The Morgan fingerprint density at radius 1 is 1.23 bits per heavy atom. The molecule has 0 N–H and O–H groups in total. The van der Waals surface area contributed by atoms with E-state index < -0.39 is 0 Å². The number of hydrogen-bond acceptors (Lipinski definition) is 7. The molecule has 1 aliphatic rings. The maximum atomic E-state index is 13.3. The standard InChI is InChI=1S/C22H25FN4O2S2/c1-15-24-18(13-30-15)11-20-25-26-22(29-20)31-14-21(28)27(19-5-3-2-4-6-19)12-16-7-9-17(23)10-8-16/h7-10,13,19H,2-6,11-12,14H2,1H3. The average molecular weight is 461 g/mol. The number of amides is 1. The Morgan fingerprint density at radius 3 is 2.71 bits per heavy atom. The van der Waals surface area contributed by atoms with Crippen molar-refractivity contribution in [1.29, 1.82) is 0 Å². The van der Waals surface area contributed by atoms with Gasteiger partial charge in [0.05, 0.1) is 22.9 Å². The van der Waals surface area contributed by atoms with Crippen LogP contribution in [0.25, 0.3) is 0 Å². The number of nitrogens with zero attached hydrogens (tertiary/aromatic N) is 4. The first-order valence-electron chi connectivity index (χ1n) is 10.5. The van der Waals surface area contributed by atoms with Crippen LogP contribution in [0.1, 0.15) is 54.3 Å². The summed E-state index contributed by atoms with van der Waals surface area (Å²) in [4.78, 5) is 19.5. The highest BCUT2D eigenvalue weighted by molar-refractivity contribution is 7.99. The highest BCUT2D eigenvalue weighted by Gasteiger charge is 2.26. The van der Waals surface area contributed by atoms with Crippen LogP contribution in [0.2, 0.25) is 0 Å². The van der Waals surface area contributed by atoms with Gasteiger partial charge >= 0.3 is 0 Å². The third kappa shape index (κ3) is 6.13. The van der Waals surface area contributed by atoms with Crippen LogP contribution in [-0.4, -0.2) is 37.8 Å². The number of thiazole rings is 1. The van der Waals surface area contributed by atoms with Gasteiger partial charge in [-0.15, -0.1) is 21.5 Å². The largest absolute Gasteiger partial charge is 0.416 e. The second-order valence-corrected chi connectivity index (χ2v) is 9.71. The molecular weight excluding hydrogens is 435 g/mol. The molecule has 3 aromatic rings. The quantitative estimate of drug-likeness (QED) is 0.440. The van der Waals surface area contributed by atoms with E-state index in [2.05, 4.69) is 15.2 Å². The van der Waals surface area contributed by atoms with E-state index in [1.807, 2.05) is 17.2 Å². The van der Waals surface area contributed by atoms with Gasteiger partial charge in [-0.1, -0.05) is 43.2 Å². The van der Waals surface area contributed by atoms with Gasteiger partial charge in [-0.25, -0.2) is 9.37 Å². The third-order valence-electron chi connectivity index (χ3n) is 5.37. The van der Waals surface area contributed by atoms with Crippen molar-refractivity contribution < 1.29 is 13.6 Å². The smallest absolute Gasteiger partial charge is 0.277 e. The fourth-order valence-corrected chi connectivity index (χ4v) is 5.10. The Kier molecular flexibility index (Phi) is 7.34. The molecular formula is C22H25FN4O2S2. The molecule has 9 heteroatoms. The zero-order valence-corrected chi connectivity index (χ0v) is 19.1. The van der Waals surface area contributed by atoms with Gasteiger partial charge in [0.25, 0.3) is 5.22 Å². The predicted molar refractivity (Wildman–Crippen MR) is 119 cm³/mol. The van der Waals surface area contributed by atoms with E-state index in [0.717, 1.165) is 41.9 Å². The molecule has 1 amide bonds. The lowest BCUT2D eigenvalue weighted by Gasteiger charge is -2.34. The van der Waals surface area contributed by atoms with Crippen molar-refractivity contribution in [2.45, 2.75) is 63.3 Å². The van der Waals surface area contributed by atoms with Gasteiger partial charge in [0.15, 0.2) is 0 Å². The molecule has 1 aromatic carbocycles. The van der Waals surface area contributed by atoms with Crippen LogP contribution in [0, 0.1) is 12.7 Å². The Hall–Kier alpha value is -2.26. The Balaban J connectivity index is 1.38. The highest BCUT2D eigenvalue weighted by atomic mass is 32.2. The zero-order chi connectivity index (χ0) is 21.6. The molecule has 1 fully saturated rings. The zero-order valence-electron chi connectivity index (χ0n) is 17.4. The molecule has 1 saturated carbocycles. The van der Waals surface area contributed by atoms with E-state index in [0.29, 0.717) is 24.1 Å². The second-order valence-electron chi connectivity index (χ2n) is 7.72. The van der Waals surface area contributed by atoms with E-state index in [1.165, 1.54) is 30.3 Å². The van der Waals surface area contributed by atoms with Gasteiger partial charge in [0, 0.05) is 18.0 Å². The van der Waals surface area contributed by atoms with Crippen molar-refractivity contribution >= 4 is 29.0 Å². The first kappa shape index (κ1) is 22.0. The van der Waals surface area contributed by atoms with Gasteiger partial charge in [-0.2, -0.15) is 0 Å². The molecule has 0 spiro atoms. The molecule has 0 atom stereocenters. The molecule has 0 bridgehead atoms. The maximum absolute atomic E-state index is 13.3. The van der Waals surface area contributed by atoms with Crippen molar-refractivity contribution in [3.05, 3.63) is 57.6 Å². The van der Waals surface area contributed by atoms with Crippen LogP contribution >= 0.6 is 23.1 Å². The van der Waals surface area contributed by atoms with E-state index >= 15 is 0 Å². The van der Waals surface area contributed by atoms with Crippen molar-refractivity contribution in [3.8, 4) is 0 Å². The van der Waals surface area contributed by atoms with Crippen molar-refractivity contribution in [2.75, 3.05) is 5.75 Å². The van der Waals surface area contributed by atoms with E-state index in [1.54, 1.807) is 23.5 Å². The first-order valence-corrected chi connectivity index (χ1v) is 12.3. The van der Waals surface area contributed by atoms with Crippen molar-refractivity contribution in [3.63, 3.8) is 0 Å². The number of hydrogen-bond donors (Lipinski definition) is 0. The summed E-state index contributed by atoms with van der Waals surface area (Å²) in [5.41, 5.74) is 1.84. The van der Waals surface area contributed by atoms with Crippen LogP contribution in [0.4, 0.5) is 4.39 Å². The molecule has 0 aliphatic heterocycles. The van der Waals surface area contributed by atoms with Crippen LogP contribution in [0.3, 0.4) is 0 Å². The molecule has 31 heavy (non-hydrogen) atoms. The first-order chi connectivity index (χ1) is 15.1. The van der Waals surface area contributed by atoms with Gasteiger partial charge < -0.3 is 9.32 Å². The van der Waals surface area contributed by atoms with E-state index in [4.69, 9.17) is 4.42 Å². The summed E-state index contributed by atoms with van der Waals surface area (Å²) >= 11 is 2.85. The summed E-state index contributed by atoms with van der Waals surface area (Å²) < 4.78 is 19.0.